The molecule has 0 bridgehead atoms. The number of hydrogen-bond donors (Lipinski definition) is 2. The average molecular weight is 285 g/mol. The zero-order valence-electron chi connectivity index (χ0n) is 11.8. The maximum Gasteiger partial charge on any atom is 0.273 e. The Morgan fingerprint density at radius 1 is 1.38 bits per heavy atom. The maximum atomic E-state index is 12.1. The van der Waals surface area contributed by atoms with Gasteiger partial charge in [-0.2, -0.15) is 0 Å². The van der Waals surface area contributed by atoms with E-state index < -0.39 is 0 Å². The van der Waals surface area contributed by atoms with E-state index in [9.17, 15) is 4.79 Å². The number of hydrogen-bond acceptors (Lipinski definition) is 4. The molecular formula is C16H19N3O2. The van der Waals surface area contributed by atoms with Crippen molar-refractivity contribution in [3.63, 3.8) is 0 Å². The summed E-state index contributed by atoms with van der Waals surface area (Å²) in [5.74, 6) is 0.940. The van der Waals surface area contributed by atoms with Crippen molar-refractivity contribution in [3.8, 4) is 11.3 Å². The van der Waals surface area contributed by atoms with Crippen LogP contribution >= 0.6 is 0 Å². The van der Waals surface area contributed by atoms with Crippen LogP contribution in [-0.2, 0) is 0 Å². The van der Waals surface area contributed by atoms with Crippen molar-refractivity contribution in [3.05, 3.63) is 42.1 Å². The number of carbonyl (C=O) groups is 1. The van der Waals surface area contributed by atoms with Gasteiger partial charge in [0.2, 0.25) is 0 Å². The van der Waals surface area contributed by atoms with Crippen LogP contribution in [0.5, 0.6) is 0 Å². The summed E-state index contributed by atoms with van der Waals surface area (Å²) in [5, 5.41) is 10.1. The second kappa shape index (κ2) is 6.54. The minimum atomic E-state index is -0.175. The number of piperidine rings is 1. The summed E-state index contributed by atoms with van der Waals surface area (Å²) in [7, 11) is 0. The molecule has 1 aromatic heterocycles. The Bertz CT molecular complexity index is 589. The normalized spacial score (nSPS) is 18.4. The highest BCUT2D eigenvalue weighted by molar-refractivity contribution is 5.93. The van der Waals surface area contributed by atoms with Gasteiger partial charge < -0.3 is 15.2 Å². The molecule has 110 valence electrons. The van der Waals surface area contributed by atoms with Crippen LogP contribution in [0.2, 0.25) is 0 Å². The standard InChI is InChI=1S/C16H19N3O2/c20-16(18-11-12-5-4-8-17-10-12)14-9-15(21-19-14)13-6-2-1-3-7-13/h1-3,6-7,9,12,17H,4-5,8,10-11H2,(H,18,20). The van der Waals surface area contributed by atoms with E-state index in [1.54, 1.807) is 6.07 Å². The van der Waals surface area contributed by atoms with Crippen molar-refractivity contribution in [2.45, 2.75) is 12.8 Å². The Morgan fingerprint density at radius 3 is 3.00 bits per heavy atom. The topological polar surface area (TPSA) is 67.2 Å². The number of benzene rings is 1. The highest BCUT2D eigenvalue weighted by Crippen LogP contribution is 2.19. The molecule has 3 rings (SSSR count). The van der Waals surface area contributed by atoms with Crippen molar-refractivity contribution < 1.29 is 9.32 Å². The Labute approximate surface area is 123 Å². The summed E-state index contributed by atoms with van der Waals surface area (Å²) in [4.78, 5) is 12.1. The molecule has 1 unspecified atom stereocenters. The first kappa shape index (κ1) is 13.8. The van der Waals surface area contributed by atoms with E-state index in [0.717, 1.165) is 25.1 Å². The summed E-state index contributed by atoms with van der Waals surface area (Å²) in [5.41, 5.74) is 1.25. The molecule has 1 atom stereocenters. The van der Waals surface area contributed by atoms with Gasteiger partial charge in [0.15, 0.2) is 11.5 Å². The fraction of sp³-hybridized carbons (Fsp3) is 0.375. The molecule has 1 aromatic carbocycles. The van der Waals surface area contributed by atoms with Crippen molar-refractivity contribution in [1.29, 1.82) is 0 Å². The van der Waals surface area contributed by atoms with Crippen molar-refractivity contribution in [2.75, 3.05) is 19.6 Å². The first-order valence-electron chi connectivity index (χ1n) is 7.34. The van der Waals surface area contributed by atoms with Crippen LogP contribution in [0, 0.1) is 5.92 Å². The van der Waals surface area contributed by atoms with Crippen molar-refractivity contribution in [1.82, 2.24) is 15.8 Å². The smallest absolute Gasteiger partial charge is 0.273 e. The number of aromatic nitrogens is 1. The zero-order chi connectivity index (χ0) is 14.5. The lowest BCUT2D eigenvalue weighted by molar-refractivity contribution is 0.0936. The summed E-state index contributed by atoms with van der Waals surface area (Å²) in [6.07, 6.45) is 2.32. The van der Waals surface area contributed by atoms with Gasteiger partial charge in [-0.05, 0) is 31.8 Å². The lowest BCUT2D eigenvalue weighted by atomic mass is 10.00. The van der Waals surface area contributed by atoms with Crippen molar-refractivity contribution in [2.24, 2.45) is 5.92 Å². The fourth-order valence-electron chi connectivity index (χ4n) is 2.55. The van der Waals surface area contributed by atoms with Gasteiger partial charge in [-0.25, -0.2) is 0 Å². The van der Waals surface area contributed by atoms with E-state index in [2.05, 4.69) is 15.8 Å². The van der Waals surface area contributed by atoms with Crippen LogP contribution < -0.4 is 10.6 Å². The molecule has 0 radical (unpaired) electrons. The molecule has 2 heterocycles. The van der Waals surface area contributed by atoms with E-state index in [-0.39, 0.29) is 5.91 Å². The van der Waals surface area contributed by atoms with Gasteiger partial charge in [-0.1, -0.05) is 35.5 Å². The number of rotatable bonds is 4. The molecule has 0 aliphatic carbocycles. The average Bonchev–Trinajstić information content (AvgIpc) is 3.04. The lowest BCUT2D eigenvalue weighted by Gasteiger charge is -2.22. The predicted molar refractivity (Wildman–Crippen MR) is 79.9 cm³/mol. The molecular weight excluding hydrogens is 266 g/mol. The molecule has 5 nitrogen and oxygen atoms in total. The second-order valence-electron chi connectivity index (χ2n) is 5.36. The van der Waals surface area contributed by atoms with Gasteiger partial charge in [-0.3, -0.25) is 4.79 Å². The third-order valence-corrected chi connectivity index (χ3v) is 3.75. The molecule has 0 saturated carbocycles. The number of nitrogens with one attached hydrogen (secondary N) is 2. The minimum Gasteiger partial charge on any atom is -0.355 e. The van der Waals surface area contributed by atoms with Gasteiger partial charge in [0, 0.05) is 18.2 Å². The highest BCUT2D eigenvalue weighted by Gasteiger charge is 2.17. The second-order valence-corrected chi connectivity index (χ2v) is 5.36. The maximum absolute atomic E-state index is 12.1. The van der Waals surface area contributed by atoms with Gasteiger partial charge in [-0.15, -0.1) is 0 Å². The summed E-state index contributed by atoms with van der Waals surface area (Å²) < 4.78 is 5.24. The Balaban J connectivity index is 1.59. The molecule has 2 aromatic rings. The van der Waals surface area contributed by atoms with Gasteiger partial charge in [0.25, 0.3) is 5.91 Å². The van der Waals surface area contributed by atoms with Gasteiger partial charge in [0.1, 0.15) is 0 Å². The van der Waals surface area contributed by atoms with Gasteiger partial charge in [0.05, 0.1) is 0 Å². The molecule has 21 heavy (non-hydrogen) atoms. The number of nitrogens with zero attached hydrogens (tertiary/aromatic N) is 1. The Hall–Kier alpha value is -2.14. The molecule has 1 aliphatic rings. The monoisotopic (exact) mass is 285 g/mol. The molecule has 2 N–H and O–H groups in total. The van der Waals surface area contributed by atoms with Crippen LogP contribution in [0.15, 0.2) is 40.9 Å². The lowest BCUT2D eigenvalue weighted by Crippen LogP contribution is -2.38. The van der Waals surface area contributed by atoms with Crippen LogP contribution in [0.1, 0.15) is 23.3 Å². The van der Waals surface area contributed by atoms with E-state index in [4.69, 9.17) is 4.52 Å². The molecule has 1 aliphatic heterocycles. The van der Waals surface area contributed by atoms with E-state index in [1.807, 2.05) is 30.3 Å². The molecule has 5 heteroatoms. The zero-order valence-corrected chi connectivity index (χ0v) is 11.8. The molecule has 1 fully saturated rings. The predicted octanol–water partition coefficient (Wildman–Crippen LogP) is 2.07. The Kier molecular flexibility index (Phi) is 4.31. The van der Waals surface area contributed by atoms with Crippen LogP contribution in [-0.4, -0.2) is 30.7 Å². The summed E-state index contributed by atoms with van der Waals surface area (Å²) in [6, 6.07) is 11.3. The third kappa shape index (κ3) is 3.49. The van der Waals surface area contributed by atoms with E-state index in [1.165, 1.54) is 6.42 Å². The summed E-state index contributed by atoms with van der Waals surface area (Å²) >= 11 is 0. The highest BCUT2D eigenvalue weighted by atomic mass is 16.5. The van der Waals surface area contributed by atoms with Crippen LogP contribution in [0.4, 0.5) is 0 Å². The minimum absolute atomic E-state index is 0.175. The quantitative estimate of drug-likeness (QED) is 0.902. The summed E-state index contributed by atoms with van der Waals surface area (Å²) in [6.45, 7) is 2.72. The SMILES string of the molecule is O=C(NCC1CCCNC1)c1cc(-c2ccccc2)on1. The molecule has 1 saturated heterocycles. The van der Waals surface area contributed by atoms with Crippen LogP contribution in [0.3, 0.4) is 0 Å². The molecule has 1 amide bonds. The van der Waals surface area contributed by atoms with Crippen molar-refractivity contribution >= 4 is 5.91 Å². The van der Waals surface area contributed by atoms with E-state index in [0.29, 0.717) is 23.9 Å². The third-order valence-electron chi connectivity index (χ3n) is 3.75. The van der Waals surface area contributed by atoms with Crippen LogP contribution in [0.25, 0.3) is 11.3 Å². The number of carbonyl (C=O) groups excluding carboxylic acids is 1. The first-order chi connectivity index (χ1) is 10.3. The number of amides is 1. The first-order valence-corrected chi connectivity index (χ1v) is 7.34. The fourth-order valence-corrected chi connectivity index (χ4v) is 2.55. The Morgan fingerprint density at radius 2 is 2.24 bits per heavy atom. The van der Waals surface area contributed by atoms with Gasteiger partial charge >= 0.3 is 0 Å². The van der Waals surface area contributed by atoms with E-state index >= 15 is 0 Å². The molecule has 0 spiro atoms. The largest absolute Gasteiger partial charge is 0.355 e.